The van der Waals surface area contributed by atoms with Crippen molar-refractivity contribution in [2.75, 3.05) is 6.54 Å². The number of phenolic OH excluding ortho intramolecular Hbond substituents is 1. The molecule has 1 aliphatic rings. The van der Waals surface area contributed by atoms with Gasteiger partial charge in [-0.15, -0.1) is 0 Å². The highest BCUT2D eigenvalue weighted by molar-refractivity contribution is 9.11. The van der Waals surface area contributed by atoms with Crippen LogP contribution in [0.25, 0.3) is 0 Å². The lowest BCUT2D eigenvalue weighted by atomic mass is 9.71. The quantitative estimate of drug-likeness (QED) is 0.582. The lowest BCUT2D eigenvalue weighted by Gasteiger charge is -2.41. The SMILES string of the molecule is CCN(Cc1cc(Br)c(O)c(Br)c1)C1CCC(C(C)(C)C)CC1. The van der Waals surface area contributed by atoms with Gasteiger partial charge in [0.2, 0.25) is 0 Å². The van der Waals surface area contributed by atoms with Gasteiger partial charge in [-0.25, -0.2) is 0 Å². The average molecular weight is 447 g/mol. The third-order valence-electron chi connectivity index (χ3n) is 5.31. The van der Waals surface area contributed by atoms with Crippen LogP contribution < -0.4 is 0 Å². The molecule has 1 saturated carbocycles. The van der Waals surface area contributed by atoms with Gasteiger partial charge < -0.3 is 5.11 Å². The van der Waals surface area contributed by atoms with E-state index in [0.717, 1.165) is 28.0 Å². The van der Waals surface area contributed by atoms with Crippen LogP contribution in [0.5, 0.6) is 5.75 Å². The molecule has 1 N–H and O–H groups in total. The van der Waals surface area contributed by atoms with Crippen LogP contribution in [0, 0.1) is 11.3 Å². The first-order valence-electron chi connectivity index (χ1n) is 8.63. The van der Waals surface area contributed by atoms with Crippen molar-refractivity contribution in [2.24, 2.45) is 11.3 Å². The monoisotopic (exact) mass is 445 g/mol. The van der Waals surface area contributed by atoms with E-state index >= 15 is 0 Å². The highest BCUT2D eigenvalue weighted by Gasteiger charge is 2.31. The van der Waals surface area contributed by atoms with Crippen LogP contribution >= 0.6 is 31.9 Å². The minimum absolute atomic E-state index is 0.280. The van der Waals surface area contributed by atoms with Gasteiger partial charge in [-0.05, 0) is 93.1 Å². The van der Waals surface area contributed by atoms with E-state index in [9.17, 15) is 5.11 Å². The Balaban J connectivity index is 2.01. The van der Waals surface area contributed by atoms with Crippen LogP contribution in [0.15, 0.2) is 21.1 Å². The summed E-state index contributed by atoms with van der Waals surface area (Å²) in [4.78, 5) is 2.59. The lowest BCUT2D eigenvalue weighted by molar-refractivity contribution is 0.0944. The maximum absolute atomic E-state index is 9.87. The zero-order valence-electron chi connectivity index (χ0n) is 14.7. The first kappa shape index (κ1) is 19.3. The lowest BCUT2D eigenvalue weighted by Crippen LogP contribution is -2.39. The van der Waals surface area contributed by atoms with Crippen molar-refractivity contribution in [2.45, 2.75) is 66.0 Å². The predicted octanol–water partition coefficient (Wildman–Crippen LogP) is 6.34. The van der Waals surface area contributed by atoms with E-state index in [2.05, 4.69) is 64.5 Å². The molecule has 0 aliphatic heterocycles. The molecule has 1 fully saturated rings. The van der Waals surface area contributed by atoms with Gasteiger partial charge in [0.1, 0.15) is 5.75 Å². The highest BCUT2D eigenvalue weighted by atomic mass is 79.9. The minimum Gasteiger partial charge on any atom is -0.506 e. The van der Waals surface area contributed by atoms with E-state index < -0.39 is 0 Å². The van der Waals surface area contributed by atoms with Crippen molar-refractivity contribution in [3.63, 3.8) is 0 Å². The van der Waals surface area contributed by atoms with Crippen LogP contribution in [0.3, 0.4) is 0 Å². The second-order valence-corrected chi connectivity index (χ2v) is 9.55. The number of benzene rings is 1. The molecule has 0 saturated heterocycles. The van der Waals surface area contributed by atoms with Gasteiger partial charge in [0.05, 0.1) is 8.95 Å². The Morgan fingerprint density at radius 1 is 1.09 bits per heavy atom. The molecule has 23 heavy (non-hydrogen) atoms. The van der Waals surface area contributed by atoms with Gasteiger partial charge in [0, 0.05) is 12.6 Å². The molecule has 2 rings (SSSR count). The molecule has 0 amide bonds. The average Bonchev–Trinajstić information content (AvgIpc) is 2.49. The van der Waals surface area contributed by atoms with Crippen molar-refractivity contribution in [1.29, 1.82) is 0 Å². The zero-order valence-corrected chi connectivity index (χ0v) is 17.9. The summed E-state index contributed by atoms with van der Waals surface area (Å²) in [5.41, 5.74) is 1.68. The fraction of sp³-hybridized carbons (Fsp3) is 0.684. The van der Waals surface area contributed by atoms with Crippen molar-refractivity contribution in [3.8, 4) is 5.75 Å². The smallest absolute Gasteiger partial charge is 0.143 e. The molecule has 1 aliphatic carbocycles. The molecular weight excluding hydrogens is 418 g/mol. The molecule has 130 valence electrons. The van der Waals surface area contributed by atoms with Crippen LogP contribution in [0.1, 0.15) is 58.9 Å². The van der Waals surface area contributed by atoms with Gasteiger partial charge in [0.25, 0.3) is 0 Å². The van der Waals surface area contributed by atoms with E-state index in [1.807, 2.05) is 12.1 Å². The Kier molecular flexibility index (Phi) is 6.60. The van der Waals surface area contributed by atoms with Gasteiger partial charge in [-0.3, -0.25) is 4.90 Å². The molecule has 1 aromatic rings. The second-order valence-electron chi connectivity index (χ2n) is 7.84. The standard InChI is InChI=1S/C19H29Br2NO/c1-5-22(12-13-10-16(20)18(23)17(21)11-13)15-8-6-14(7-9-15)19(2,3)4/h10-11,14-15,23H,5-9,12H2,1-4H3. The molecule has 0 bridgehead atoms. The third-order valence-corrected chi connectivity index (χ3v) is 6.52. The Labute approximate surface area is 157 Å². The number of aromatic hydroxyl groups is 1. The maximum Gasteiger partial charge on any atom is 0.143 e. The number of hydrogen-bond donors (Lipinski definition) is 1. The van der Waals surface area contributed by atoms with Crippen LogP contribution in [0.4, 0.5) is 0 Å². The number of halogens is 2. The molecule has 1 aromatic carbocycles. The zero-order chi connectivity index (χ0) is 17.2. The number of hydrogen-bond acceptors (Lipinski definition) is 2. The maximum atomic E-state index is 9.87. The second kappa shape index (κ2) is 7.88. The van der Waals surface area contributed by atoms with Crippen molar-refractivity contribution in [1.82, 2.24) is 4.90 Å². The van der Waals surface area contributed by atoms with E-state index in [1.165, 1.54) is 31.2 Å². The molecule has 0 aromatic heterocycles. The van der Waals surface area contributed by atoms with Gasteiger partial charge >= 0.3 is 0 Å². The molecule has 0 atom stereocenters. The van der Waals surface area contributed by atoms with Gasteiger partial charge in [0.15, 0.2) is 0 Å². The van der Waals surface area contributed by atoms with Crippen molar-refractivity contribution < 1.29 is 5.11 Å². The summed E-state index contributed by atoms with van der Waals surface area (Å²) in [6.45, 7) is 11.4. The predicted molar refractivity (Wildman–Crippen MR) is 105 cm³/mol. The van der Waals surface area contributed by atoms with Crippen LogP contribution in [-0.4, -0.2) is 22.6 Å². The summed E-state index contributed by atoms with van der Waals surface area (Å²) in [7, 11) is 0. The molecule has 0 heterocycles. The first-order chi connectivity index (χ1) is 10.7. The van der Waals surface area contributed by atoms with E-state index in [4.69, 9.17) is 0 Å². The Morgan fingerprint density at radius 2 is 1.61 bits per heavy atom. The van der Waals surface area contributed by atoms with Crippen molar-refractivity contribution in [3.05, 3.63) is 26.6 Å². The highest BCUT2D eigenvalue weighted by Crippen LogP contribution is 2.39. The van der Waals surface area contributed by atoms with Gasteiger partial charge in [-0.2, -0.15) is 0 Å². The number of nitrogens with zero attached hydrogens (tertiary/aromatic N) is 1. The largest absolute Gasteiger partial charge is 0.506 e. The summed E-state index contributed by atoms with van der Waals surface area (Å²) in [5.74, 6) is 1.14. The molecule has 0 spiro atoms. The van der Waals surface area contributed by atoms with E-state index in [1.54, 1.807) is 0 Å². The summed E-state index contributed by atoms with van der Waals surface area (Å²) in [5, 5.41) is 9.87. The first-order valence-corrected chi connectivity index (χ1v) is 10.2. The van der Waals surface area contributed by atoms with Crippen LogP contribution in [-0.2, 0) is 6.54 Å². The Morgan fingerprint density at radius 3 is 2.04 bits per heavy atom. The Hall–Kier alpha value is -0.0600. The fourth-order valence-electron chi connectivity index (χ4n) is 3.75. The van der Waals surface area contributed by atoms with E-state index in [0.29, 0.717) is 11.5 Å². The molecule has 4 heteroatoms. The minimum atomic E-state index is 0.280. The molecule has 0 unspecified atom stereocenters. The normalized spacial score (nSPS) is 22.6. The van der Waals surface area contributed by atoms with Crippen LogP contribution in [0.2, 0.25) is 0 Å². The summed E-state index contributed by atoms with van der Waals surface area (Å²) in [6, 6.07) is 4.75. The third kappa shape index (κ3) is 4.96. The van der Waals surface area contributed by atoms with E-state index in [-0.39, 0.29) is 5.75 Å². The summed E-state index contributed by atoms with van der Waals surface area (Å²) in [6.07, 6.45) is 5.29. The summed E-state index contributed by atoms with van der Waals surface area (Å²) < 4.78 is 1.52. The Bertz CT molecular complexity index is 508. The van der Waals surface area contributed by atoms with Gasteiger partial charge in [-0.1, -0.05) is 27.7 Å². The summed E-state index contributed by atoms with van der Waals surface area (Å²) >= 11 is 6.87. The fourth-order valence-corrected chi connectivity index (χ4v) is 5.03. The molecule has 2 nitrogen and oxygen atoms in total. The molecular formula is C19H29Br2NO. The topological polar surface area (TPSA) is 23.5 Å². The number of phenols is 1. The number of rotatable bonds is 4. The molecule has 0 radical (unpaired) electrons. The van der Waals surface area contributed by atoms with Crippen molar-refractivity contribution >= 4 is 31.9 Å².